The zero-order valence-corrected chi connectivity index (χ0v) is 9.53. The van der Waals surface area contributed by atoms with E-state index in [2.05, 4.69) is 33.0 Å². The standard InChI is InChI=1S/C7H17NO.C3H8/c1-7(2,8-3)5-6-9-4;1-3-2/h8H,5-6H2,1-4H3;3H2,1-2H3. The van der Waals surface area contributed by atoms with Crippen LogP contribution in [-0.4, -0.2) is 26.3 Å². The van der Waals surface area contributed by atoms with E-state index in [0.29, 0.717) is 0 Å². The molecule has 0 radical (unpaired) electrons. The Morgan fingerprint density at radius 3 is 1.92 bits per heavy atom. The number of rotatable bonds is 4. The second-order valence-electron chi connectivity index (χ2n) is 3.58. The minimum Gasteiger partial charge on any atom is -0.385 e. The van der Waals surface area contributed by atoms with E-state index in [4.69, 9.17) is 4.74 Å². The van der Waals surface area contributed by atoms with Crippen LogP contribution in [0.4, 0.5) is 0 Å². The molecule has 0 rings (SSSR count). The summed E-state index contributed by atoms with van der Waals surface area (Å²) in [5, 5.41) is 3.20. The van der Waals surface area contributed by atoms with Crippen molar-refractivity contribution in [3.63, 3.8) is 0 Å². The molecule has 0 aromatic heterocycles. The summed E-state index contributed by atoms with van der Waals surface area (Å²) in [5.41, 5.74) is 0.218. The fourth-order valence-electron chi connectivity index (χ4n) is 0.482. The van der Waals surface area contributed by atoms with Gasteiger partial charge < -0.3 is 10.1 Å². The number of nitrogens with one attached hydrogen (secondary N) is 1. The van der Waals surface area contributed by atoms with Crippen molar-refractivity contribution in [3.05, 3.63) is 0 Å². The first-order valence-electron chi connectivity index (χ1n) is 4.71. The lowest BCUT2D eigenvalue weighted by molar-refractivity contribution is 0.168. The Hall–Kier alpha value is -0.0800. The summed E-state index contributed by atoms with van der Waals surface area (Å²) in [5.74, 6) is 0. The first-order chi connectivity index (χ1) is 5.54. The van der Waals surface area contributed by atoms with Gasteiger partial charge in [0.05, 0.1) is 0 Å². The van der Waals surface area contributed by atoms with Crippen molar-refractivity contribution in [3.8, 4) is 0 Å². The van der Waals surface area contributed by atoms with Gasteiger partial charge in [-0.1, -0.05) is 20.3 Å². The SMILES string of the molecule is CCC.CNC(C)(C)CCOC. The van der Waals surface area contributed by atoms with Crippen molar-refractivity contribution in [1.29, 1.82) is 0 Å². The minimum atomic E-state index is 0.218. The first kappa shape index (κ1) is 14.4. The van der Waals surface area contributed by atoms with E-state index >= 15 is 0 Å². The molecule has 0 spiro atoms. The maximum absolute atomic E-state index is 4.94. The monoisotopic (exact) mass is 175 g/mol. The second kappa shape index (κ2) is 9.01. The van der Waals surface area contributed by atoms with E-state index < -0.39 is 0 Å². The molecule has 0 aromatic carbocycles. The zero-order valence-electron chi connectivity index (χ0n) is 9.53. The van der Waals surface area contributed by atoms with Crippen molar-refractivity contribution in [2.75, 3.05) is 20.8 Å². The van der Waals surface area contributed by atoms with Gasteiger partial charge >= 0.3 is 0 Å². The lowest BCUT2D eigenvalue weighted by atomic mass is 10.0. The van der Waals surface area contributed by atoms with Gasteiger partial charge in [0.1, 0.15) is 0 Å². The third kappa shape index (κ3) is 12.6. The molecule has 0 amide bonds. The maximum Gasteiger partial charge on any atom is 0.0479 e. The van der Waals surface area contributed by atoms with E-state index in [-0.39, 0.29) is 5.54 Å². The molecule has 2 nitrogen and oxygen atoms in total. The quantitative estimate of drug-likeness (QED) is 0.708. The van der Waals surface area contributed by atoms with Crippen LogP contribution in [0.5, 0.6) is 0 Å². The molecule has 0 aromatic rings. The van der Waals surface area contributed by atoms with E-state index in [1.807, 2.05) is 7.05 Å². The lowest BCUT2D eigenvalue weighted by Crippen LogP contribution is -2.37. The topological polar surface area (TPSA) is 21.3 Å². The zero-order chi connectivity index (χ0) is 10.0. The predicted molar refractivity (Wildman–Crippen MR) is 55.6 cm³/mol. The van der Waals surface area contributed by atoms with Gasteiger partial charge in [0, 0.05) is 19.3 Å². The van der Waals surface area contributed by atoms with Crippen LogP contribution in [0.15, 0.2) is 0 Å². The average molecular weight is 175 g/mol. The molecule has 0 bridgehead atoms. The van der Waals surface area contributed by atoms with Crippen LogP contribution in [0.3, 0.4) is 0 Å². The van der Waals surface area contributed by atoms with Gasteiger partial charge in [-0.25, -0.2) is 0 Å². The molecular weight excluding hydrogens is 150 g/mol. The van der Waals surface area contributed by atoms with Crippen LogP contribution in [-0.2, 0) is 4.74 Å². The van der Waals surface area contributed by atoms with E-state index in [0.717, 1.165) is 13.0 Å². The summed E-state index contributed by atoms with van der Waals surface area (Å²) in [6.45, 7) is 9.39. The predicted octanol–water partition coefficient (Wildman–Crippen LogP) is 2.44. The third-order valence-corrected chi connectivity index (χ3v) is 1.61. The molecule has 0 aliphatic rings. The molecule has 12 heavy (non-hydrogen) atoms. The Kier molecular flexibility index (Phi) is 10.8. The first-order valence-corrected chi connectivity index (χ1v) is 4.71. The molecule has 2 heteroatoms. The molecule has 0 saturated heterocycles. The van der Waals surface area contributed by atoms with Crippen LogP contribution in [0.25, 0.3) is 0 Å². The van der Waals surface area contributed by atoms with Crippen LogP contribution in [0.2, 0.25) is 0 Å². The van der Waals surface area contributed by atoms with Crippen molar-refractivity contribution >= 4 is 0 Å². The van der Waals surface area contributed by atoms with Crippen molar-refractivity contribution in [2.24, 2.45) is 0 Å². The Labute approximate surface area is 77.7 Å². The van der Waals surface area contributed by atoms with Gasteiger partial charge in [-0.3, -0.25) is 0 Å². The van der Waals surface area contributed by atoms with Crippen LogP contribution in [0, 0.1) is 0 Å². The lowest BCUT2D eigenvalue weighted by Gasteiger charge is -2.22. The molecule has 0 unspecified atom stereocenters. The van der Waals surface area contributed by atoms with Crippen LogP contribution in [0.1, 0.15) is 40.5 Å². The highest BCUT2D eigenvalue weighted by Crippen LogP contribution is 2.05. The Balaban J connectivity index is 0. The summed E-state index contributed by atoms with van der Waals surface area (Å²) in [6.07, 6.45) is 2.31. The Morgan fingerprint density at radius 1 is 1.25 bits per heavy atom. The highest BCUT2D eigenvalue weighted by Gasteiger charge is 2.12. The van der Waals surface area contributed by atoms with E-state index in [1.165, 1.54) is 6.42 Å². The maximum atomic E-state index is 4.94. The van der Waals surface area contributed by atoms with Gasteiger partial charge in [0.2, 0.25) is 0 Å². The Morgan fingerprint density at radius 2 is 1.67 bits per heavy atom. The molecule has 0 aliphatic carbocycles. The summed E-state index contributed by atoms with van der Waals surface area (Å²) in [4.78, 5) is 0. The Bertz CT molecular complexity index is 81.9. The highest BCUT2D eigenvalue weighted by molar-refractivity contribution is 4.73. The third-order valence-electron chi connectivity index (χ3n) is 1.61. The van der Waals surface area contributed by atoms with Gasteiger partial charge in [-0.05, 0) is 27.3 Å². The molecular formula is C10H25NO. The van der Waals surface area contributed by atoms with Gasteiger partial charge in [-0.2, -0.15) is 0 Å². The smallest absolute Gasteiger partial charge is 0.0479 e. The van der Waals surface area contributed by atoms with Crippen molar-refractivity contribution in [2.45, 2.75) is 46.1 Å². The summed E-state index contributed by atoms with van der Waals surface area (Å²) in [7, 11) is 3.70. The molecule has 1 N–H and O–H groups in total. The fourth-order valence-corrected chi connectivity index (χ4v) is 0.482. The fraction of sp³-hybridized carbons (Fsp3) is 1.00. The minimum absolute atomic E-state index is 0.218. The van der Waals surface area contributed by atoms with Gasteiger partial charge in [0.15, 0.2) is 0 Å². The largest absolute Gasteiger partial charge is 0.385 e. The van der Waals surface area contributed by atoms with E-state index in [9.17, 15) is 0 Å². The summed E-state index contributed by atoms with van der Waals surface area (Å²) >= 11 is 0. The van der Waals surface area contributed by atoms with Gasteiger partial charge in [-0.15, -0.1) is 0 Å². The summed E-state index contributed by atoms with van der Waals surface area (Å²) in [6, 6.07) is 0. The number of ether oxygens (including phenoxy) is 1. The molecule has 0 heterocycles. The normalized spacial score (nSPS) is 10.5. The molecule has 0 fully saturated rings. The number of methoxy groups -OCH3 is 1. The molecule has 0 saturated carbocycles. The van der Waals surface area contributed by atoms with Crippen LogP contribution < -0.4 is 5.32 Å². The van der Waals surface area contributed by atoms with Crippen molar-refractivity contribution < 1.29 is 4.74 Å². The molecule has 0 aliphatic heterocycles. The number of hydrogen-bond acceptors (Lipinski definition) is 2. The average Bonchev–Trinajstić information content (AvgIpc) is 2.03. The number of hydrogen-bond donors (Lipinski definition) is 1. The highest BCUT2D eigenvalue weighted by atomic mass is 16.5. The van der Waals surface area contributed by atoms with Crippen molar-refractivity contribution in [1.82, 2.24) is 5.32 Å². The molecule has 0 atom stereocenters. The second-order valence-corrected chi connectivity index (χ2v) is 3.58. The van der Waals surface area contributed by atoms with Gasteiger partial charge in [0.25, 0.3) is 0 Å². The van der Waals surface area contributed by atoms with E-state index in [1.54, 1.807) is 7.11 Å². The molecule has 76 valence electrons. The summed E-state index contributed by atoms with van der Waals surface area (Å²) < 4.78 is 4.94. The van der Waals surface area contributed by atoms with Crippen LogP contribution >= 0.6 is 0 Å².